The number of halogens is 2. The molecule has 0 bridgehead atoms. The lowest BCUT2D eigenvalue weighted by Crippen LogP contribution is -2.09. The predicted octanol–water partition coefficient (Wildman–Crippen LogP) is 2.67. The molecule has 0 aliphatic heterocycles. The number of aliphatic hydroxyl groups is 1. The molecule has 0 radical (unpaired) electrons. The molecule has 1 N–H and O–H groups in total. The van der Waals surface area contributed by atoms with Gasteiger partial charge in [-0.25, -0.2) is 8.78 Å². The van der Waals surface area contributed by atoms with E-state index < -0.39 is 17.7 Å². The fourth-order valence-electron chi connectivity index (χ4n) is 1.37. The minimum absolute atomic E-state index is 0.380. The lowest BCUT2D eigenvalue weighted by Gasteiger charge is -2.08. The Kier molecular flexibility index (Phi) is 4.01. The summed E-state index contributed by atoms with van der Waals surface area (Å²) in [5.41, 5.74) is 0.629. The van der Waals surface area contributed by atoms with Gasteiger partial charge in [-0.3, -0.25) is 0 Å². The Morgan fingerprint density at radius 2 is 2.00 bits per heavy atom. The molecule has 78 valence electrons. The molecule has 0 heterocycles. The van der Waals surface area contributed by atoms with Gasteiger partial charge < -0.3 is 5.11 Å². The van der Waals surface area contributed by atoms with E-state index in [1.807, 2.05) is 6.92 Å². The van der Waals surface area contributed by atoms with Crippen molar-refractivity contribution in [2.24, 2.45) is 0 Å². The molecule has 0 spiro atoms. The second kappa shape index (κ2) is 5.05. The van der Waals surface area contributed by atoms with Crippen LogP contribution in [0, 0.1) is 11.6 Å². The van der Waals surface area contributed by atoms with Gasteiger partial charge in [-0.2, -0.15) is 0 Å². The highest BCUT2D eigenvalue weighted by Crippen LogP contribution is 2.12. The minimum Gasteiger partial charge on any atom is -0.393 e. The van der Waals surface area contributed by atoms with Crippen molar-refractivity contribution in [2.45, 2.75) is 32.3 Å². The van der Waals surface area contributed by atoms with E-state index in [4.69, 9.17) is 0 Å². The van der Waals surface area contributed by atoms with E-state index in [1.165, 1.54) is 6.07 Å². The maximum atomic E-state index is 12.8. The second-order valence-corrected chi connectivity index (χ2v) is 3.40. The molecule has 0 aliphatic carbocycles. The highest BCUT2D eigenvalue weighted by atomic mass is 19.2. The van der Waals surface area contributed by atoms with Crippen molar-refractivity contribution in [3.63, 3.8) is 0 Å². The van der Waals surface area contributed by atoms with Crippen LogP contribution < -0.4 is 0 Å². The number of aliphatic hydroxyl groups excluding tert-OH is 1. The number of benzene rings is 1. The summed E-state index contributed by atoms with van der Waals surface area (Å²) in [6.45, 7) is 1.97. The van der Waals surface area contributed by atoms with Crippen LogP contribution in [0.4, 0.5) is 8.78 Å². The van der Waals surface area contributed by atoms with Gasteiger partial charge in [-0.1, -0.05) is 19.4 Å². The summed E-state index contributed by atoms with van der Waals surface area (Å²) in [5, 5.41) is 9.45. The van der Waals surface area contributed by atoms with Crippen LogP contribution in [0.1, 0.15) is 25.3 Å². The van der Waals surface area contributed by atoms with Crippen LogP contribution >= 0.6 is 0 Å². The largest absolute Gasteiger partial charge is 0.393 e. The molecular weight excluding hydrogens is 186 g/mol. The minimum atomic E-state index is -0.855. The molecule has 1 rings (SSSR count). The van der Waals surface area contributed by atoms with Crippen molar-refractivity contribution in [1.29, 1.82) is 0 Å². The molecule has 1 atom stereocenters. The third kappa shape index (κ3) is 3.07. The summed E-state index contributed by atoms with van der Waals surface area (Å²) in [4.78, 5) is 0. The summed E-state index contributed by atoms with van der Waals surface area (Å²) in [6.07, 6.45) is 1.47. The van der Waals surface area contributed by atoms with E-state index in [9.17, 15) is 13.9 Å². The molecule has 0 saturated heterocycles. The lowest BCUT2D eigenvalue weighted by molar-refractivity contribution is 0.164. The van der Waals surface area contributed by atoms with E-state index in [2.05, 4.69) is 0 Å². The van der Waals surface area contributed by atoms with Crippen molar-refractivity contribution < 1.29 is 13.9 Å². The van der Waals surface area contributed by atoms with E-state index >= 15 is 0 Å². The Morgan fingerprint density at radius 3 is 2.57 bits per heavy atom. The molecule has 0 aliphatic rings. The molecule has 14 heavy (non-hydrogen) atoms. The first-order chi connectivity index (χ1) is 6.63. The highest BCUT2D eigenvalue weighted by molar-refractivity contribution is 5.18. The van der Waals surface area contributed by atoms with Crippen LogP contribution in [0.15, 0.2) is 18.2 Å². The third-order valence-corrected chi connectivity index (χ3v) is 2.08. The molecular formula is C11H14F2O. The SMILES string of the molecule is CCCC(O)Cc1ccc(F)c(F)c1. The maximum Gasteiger partial charge on any atom is 0.159 e. The molecule has 1 aromatic carbocycles. The predicted molar refractivity (Wildman–Crippen MR) is 51.0 cm³/mol. The van der Waals surface area contributed by atoms with Crippen molar-refractivity contribution in [3.05, 3.63) is 35.4 Å². The van der Waals surface area contributed by atoms with Crippen LogP contribution in [0.3, 0.4) is 0 Å². The Balaban J connectivity index is 2.63. The van der Waals surface area contributed by atoms with Crippen molar-refractivity contribution >= 4 is 0 Å². The smallest absolute Gasteiger partial charge is 0.159 e. The zero-order valence-electron chi connectivity index (χ0n) is 8.13. The fourth-order valence-corrected chi connectivity index (χ4v) is 1.37. The summed E-state index contributed by atoms with van der Waals surface area (Å²) in [6, 6.07) is 3.72. The summed E-state index contributed by atoms with van der Waals surface area (Å²) < 4.78 is 25.3. The van der Waals surface area contributed by atoms with Crippen molar-refractivity contribution in [1.82, 2.24) is 0 Å². The van der Waals surface area contributed by atoms with E-state index in [0.717, 1.165) is 18.6 Å². The quantitative estimate of drug-likeness (QED) is 0.792. The normalized spacial score (nSPS) is 12.9. The zero-order chi connectivity index (χ0) is 10.6. The first-order valence-electron chi connectivity index (χ1n) is 4.75. The van der Waals surface area contributed by atoms with Crippen LogP contribution in [0.25, 0.3) is 0 Å². The van der Waals surface area contributed by atoms with Gasteiger partial charge in [0.05, 0.1) is 6.10 Å². The molecule has 1 unspecified atom stereocenters. The molecule has 0 fully saturated rings. The van der Waals surface area contributed by atoms with Gasteiger partial charge in [-0.05, 0) is 30.5 Å². The van der Waals surface area contributed by atoms with Gasteiger partial charge >= 0.3 is 0 Å². The standard InChI is InChI=1S/C11H14F2O/c1-2-3-9(14)6-8-4-5-10(12)11(13)7-8/h4-5,7,9,14H,2-3,6H2,1H3. The molecule has 1 aromatic rings. The molecule has 0 saturated carbocycles. The first-order valence-corrected chi connectivity index (χ1v) is 4.75. The van der Waals surface area contributed by atoms with Crippen LogP contribution in [-0.2, 0) is 6.42 Å². The Bertz CT molecular complexity index is 299. The van der Waals surface area contributed by atoms with E-state index in [0.29, 0.717) is 18.4 Å². The number of hydrogen-bond acceptors (Lipinski definition) is 1. The Morgan fingerprint density at radius 1 is 1.29 bits per heavy atom. The highest BCUT2D eigenvalue weighted by Gasteiger charge is 2.07. The Hall–Kier alpha value is -0.960. The molecule has 0 aromatic heterocycles. The molecule has 0 amide bonds. The Labute approximate surface area is 82.4 Å². The summed E-state index contributed by atoms with van der Waals surface area (Å²) in [7, 11) is 0. The summed E-state index contributed by atoms with van der Waals surface area (Å²) in [5.74, 6) is -1.70. The van der Waals surface area contributed by atoms with Gasteiger partial charge in [0, 0.05) is 0 Å². The van der Waals surface area contributed by atoms with Gasteiger partial charge in [0.15, 0.2) is 11.6 Å². The van der Waals surface area contributed by atoms with Crippen LogP contribution in [-0.4, -0.2) is 11.2 Å². The average molecular weight is 200 g/mol. The zero-order valence-corrected chi connectivity index (χ0v) is 8.13. The van der Waals surface area contributed by atoms with Crippen molar-refractivity contribution in [3.8, 4) is 0 Å². The number of hydrogen-bond donors (Lipinski definition) is 1. The lowest BCUT2D eigenvalue weighted by atomic mass is 10.0. The monoisotopic (exact) mass is 200 g/mol. The average Bonchev–Trinajstić information content (AvgIpc) is 2.12. The molecule has 1 nitrogen and oxygen atoms in total. The van der Waals surface area contributed by atoms with Gasteiger partial charge in [0.1, 0.15) is 0 Å². The summed E-state index contributed by atoms with van der Waals surface area (Å²) >= 11 is 0. The second-order valence-electron chi connectivity index (χ2n) is 3.40. The molecule has 3 heteroatoms. The fraction of sp³-hybridized carbons (Fsp3) is 0.455. The van der Waals surface area contributed by atoms with Gasteiger partial charge in [-0.15, -0.1) is 0 Å². The van der Waals surface area contributed by atoms with Crippen molar-refractivity contribution in [2.75, 3.05) is 0 Å². The van der Waals surface area contributed by atoms with E-state index in [1.54, 1.807) is 0 Å². The van der Waals surface area contributed by atoms with Crippen LogP contribution in [0.5, 0.6) is 0 Å². The van der Waals surface area contributed by atoms with Crippen LogP contribution in [0.2, 0.25) is 0 Å². The number of rotatable bonds is 4. The third-order valence-electron chi connectivity index (χ3n) is 2.08. The first kappa shape index (κ1) is 11.1. The van der Waals surface area contributed by atoms with E-state index in [-0.39, 0.29) is 0 Å². The van der Waals surface area contributed by atoms with Gasteiger partial charge in [0.2, 0.25) is 0 Å². The maximum absolute atomic E-state index is 12.8. The topological polar surface area (TPSA) is 20.2 Å². The van der Waals surface area contributed by atoms with Gasteiger partial charge in [0.25, 0.3) is 0 Å².